The molecule has 2 aliphatic heterocycles. The van der Waals surface area contributed by atoms with Gasteiger partial charge < -0.3 is 23.8 Å². The molecule has 0 aliphatic carbocycles. The fourth-order valence-corrected chi connectivity index (χ4v) is 5.36. The molecule has 2 aliphatic rings. The van der Waals surface area contributed by atoms with Crippen LogP contribution >= 0.6 is 23.2 Å². The van der Waals surface area contributed by atoms with E-state index in [-0.39, 0.29) is 18.9 Å². The highest BCUT2D eigenvalue weighted by molar-refractivity contribution is 6.42. The second-order valence-electron chi connectivity index (χ2n) is 11.4. The zero-order chi connectivity index (χ0) is 31.1. The molecule has 0 saturated carbocycles. The SMILES string of the molecule is COC(=O)[C@@H]1Cc2cc3c(cc2CN1C(=O)OC(C)(C)C)O[C@H](c1ccc(OCc2ccc(Cl)c(Cl)c2)cc1)C(=O)N3C. The monoisotopic (exact) mass is 626 g/mol. The number of anilines is 1. The number of hydrogen-bond acceptors (Lipinski definition) is 7. The molecule has 0 radical (unpaired) electrons. The summed E-state index contributed by atoms with van der Waals surface area (Å²) in [5.74, 6) is 0.321. The Labute approximate surface area is 260 Å². The number of benzene rings is 3. The second kappa shape index (κ2) is 12.0. The average Bonchev–Trinajstić information content (AvgIpc) is 2.97. The van der Waals surface area contributed by atoms with Gasteiger partial charge in [0.25, 0.3) is 5.91 Å². The van der Waals surface area contributed by atoms with Crippen LogP contribution in [0.1, 0.15) is 49.1 Å². The van der Waals surface area contributed by atoms with Gasteiger partial charge in [-0.2, -0.15) is 0 Å². The molecule has 0 N–H and O–H groups in total. The highest BCUT2D eigenvalue weighted by atomic mass is 35.5. The maximum absolute atomic E-state index is 13.4. The topological polar surface area (TPSA) is 94.6 Å². The first-order valence-corrected chi connectivity index (χ1v) is 14.4. The lowest BCUT2D eigenvalue weighted by Crippen LogP contribution is -2.50. The van der Waals surface area contributed by atoms with Gasteiger partial charge in [-0.3, -0.25) is 9.69 Å². The van der Waals surface area contributed by atoms with Crippen LogP contribution in [-0.2, 0) is 38.6 Å². The molecule has 0 spiro atoms. The van der Waals surface area contributed by atoms with Gasteiger partial charge in [0.2, 0.25) is 6.10 Å². The van der Waals surface area contributed by atoms with Gasteiger partial charge >= 0.3 is 12.1 Å². The van der Waals surface area contributed by atoms with Crippen molar-refractivity contribution in [3.8, 4) is 11.5 Å². The molecule has 11 heteroatoms. The van der Waals surface area contributed by atoms with Crippen molar-refractivity contribution in [2.75, 3.05) is 19.1 Å². The molecule has 5 rings (SSSR count). The standard InChI is InChI=1S/C32H32Cl2N2O7/c1-32(2,3)43-31(39)36-16-21-15-27-25(13-20(21)14-26(36)30(38)40-5)35(4)29(37)28(42-27)19-7-9-22(10-8-19)41-17-18-6-11-23(33)24(34)12-18/h6-13,15,26,28H,14,16-17H2,1-5H3/t26-,28+/m0/s1. The summed E-state index contributed by atoms with van der Waals surface area (Å²) in [4.78, 5) is 42.0. The molecule has 3 aromatic carbocycles. The number of hydrogen-bond donors (Lipinski definition) is 0. The van der Waals surface area contributed by atoms with Crippen LogP contribution in [0.2, 0.25) is 10.0 Å². The van der Waals surface area contributed by atoms with E-state index < -0.39 is 29.8 Å². The zero-order valence-corrected chi connectivity index (χ0v) is 26.0. The highest BCUT2D eigenvalue weighted by Crippen LogP contribution is 2.42. The van der Waals surface area contributed by atoms with Gasteiger partial charge in [-0.15, -0.1) is 0 Å². The Hall–Kier alpha value is -3.95. The lowest BCUT2D eigenvalue weighted by molar-refractivity contribution is -0.147. The summed E-state index contributed by atoms with van der Waals surface area (Å²) in [5, 5.41) is 0.933. The normalized spacial score (nSPS) is 17.9. The first-order chi connectivity index (χ1) is 20.3. The van der Waals surface area contributed by atoms with E-state index in [1.54, 1.807) is 69.1 Å². The van der Waals surface area contributed by atoms with Gasteiger partial charge in [0.1, 0.15) is 29.7 Å². The predicted molar refractivity (Wildman–Crippen MR) is 162 cm³/mol. The summed E-state index contributed by atoms with van der Waals surface area (Å²) >= 11 is 12.1. The number of likely N-dealkylation sites (N-methyl/N-ethyl adjacent to an activating group) is 1. The maximum atomic E-state index is 13.4. The van der Waals surface area contributed by atoms with Crippen LogP contribution in [0, 0.1) is 0 Å². The van der Waals surface area contributed by atoms with Crippen molar-refractivity contribution in [1.82, 2.24) is 4.90 Å². The van der Waals surface area contributed by atoms with E-state index in [1.165, 1.54) is 12.0 Å². The van der Waals surface area contributed by atoms with Crippen molar-refractivity contribution >= 4 is 46.9 Å². The van der Waals surface area contributed by atoms with Crippen LogP contribution < -0.4 is 14.4 Å². The number of halogens is 2. The van der Waals surface area contributed by atoms with Crippen LogP contribution in [0.5, 0.6) is 11.5 Å². The molecule has 43 heavy (non-hydrogen) atoms. The summed E-state index contributed by atoms with van der Waals surface area (Å²) in [5.41, 5.74) is 2.97. The van der Waals surface area contributed by atoms with Crippen LogP contribution in [0.3, 0.4) is 0 Å². The molecule has 3 aromatic rings. The molecule has 0 aromatic heterocycles. The average molecular weight is 628 g/mol. The van der Waals surface area contributed by atoms with Crippen molar-refractivity contribution in [3.05, 3.63) is 86.9 Å². The van der Waals surface area contributed by atoms with Crippen LogP contribution in [0.25, 0.3) is 0 Å². The van der Waals surface area contributed by atoms with E-state index in [2.05, 4.69) is 0 Å². The number of carbonyl (C=O) groups excluding carboxylic acids is 3. The van der Waals surface area contributed by atoms with Gasteiger partial charge in [-0.1, -0.05) is 41.4 Å². The molecule has 0 unspecified atom stereocenters. The van der Waals surface area contributed by atoms with Crippen molar-refractivity contribution in [2.24, 2.45) is 0 Å². The minimum Gasteiger partial charge on any atom is -0.489 e. The lowest BCUT2D eigenvalue weighted by Gasteiger charge is -2.38. The summed E-state index contributed by atoms with van der Waals surface area (Å²) < 4.78 is 22.7. The van der Waals surface area contributed by atoms with E-state index in [4.69, 9.17) is 42.1 Å². The van der Waals surface area contributed by atoms with E-state index >= 15 is 0 Å². The molecule has 2 amide bonds. The first-order valence-electron chi connectivity index (χ1n) is 13.7. The number of methoxy groups -OCH3 is 1. The van der Waals surface area contributed by atoms with Gasteiger partial charge in [0.05, 0.1) is 29.4 Å². The fraction of sp³-hybridized carbons (Fsp3) is 0.344. The maximum Gasteiger partial charge on any atom is 0.411 e. The largest absolute Gasteiger partial charge is 0.489 e. The number of fused-ring (bicyclic) bond motifs is 2. The summed E-state index contributed by atoms with van der Waals surface area (Å²) in [6, 6.07) is 15.2. The molecule has 0 fully saturated rings. The number of nitrogens with zero attached hydrogens (tertiary/aromatic N) is 2. The molecule has 0 bridgehead atoms. The number of amides is 2. The van der Waals surface area contributed by atoms with E-state index in [0.29, 0.717) is 39.4 Å². The van der Waals surface area contributed by atoms with Crippen molar-refractivity contribution in [3.63, 3.8) is 0 Å². The molecule has 2 atom stereocenters. The smallest absolute Gasteiger partial charge is 0.411 e. The number of rotatable bonds is 5. The van der Waals surface area contributed by atoms with Crippen molar-refractivity contribution < 1.29 is 33.3 Å². The fourth-order valence-electron chi connectivity index (χ4n) is 5.04. The molecule has 0 saturated heterocycles. The Kier molecular flexibility index (Phi) is 8.49. The third kappa shape index (κ3) is 6.53. The summed E-state index contributed by atoms with van der Waals surface area (Å²) in [6.45, 7) is 5.71. The minimum atomic E-state index is -0.881. The Bertz CT molecular complexity index is 1570. The molecule has 9 nitrogen and oxygen atoms in total. The van der Waals surface area contributed by atoms with E-state index in [0.717, 1.165) is 16.7 Å². The molecular weight excluding hydrogens is 595 g/mol. The molecule has 226 valence electrons. The van der Waals surface area contributed by atoms with Gasteiger partial charge in [0.15, 0.2) is 0 Å². The highest BCUT2D eigenvalue weighted by Gasteiger charge is 2.40. The van der Waals surface area contributed by atoms with Gasteiger partial charge in [-0.05, 0) is 73.9 Å². The summed E-state index contributed by atoms with van der Waals surface area (Å²) in [7, 11) is 2.97. The minimum absolute atomic E-state index is 0.119. The van der Waals surface area contributed by atoms with Crippen molar-refractivity contribution in [2.45, 2.75) is 58.1 Å². The zero-order valence-electron chi connectivity index (χ0n) is 24.5. The quantitative estimate of drug-likeness (QED) is 0.298. The van der Waals surface area contributed by atoms with Gasteiger partial charge in [0, 0.05) is 19.0 Å². The summed E-state index contributed by atoms with van der Waals surface area (Å²) in [6.07, 6.45) is -1.28. The number of carbonyl (C=O) groups is 3. The van der Waals surface area contributed by atoms with E-state index in [9.17, 15) is 14.4 Å². The molecular formula is C32H32Cl2N2O7. The number of ether oxygens (including phenoxy) is 4. The Balaban J connectivity index is 1.36. The van der Waals surface area contributed by atoms with Crippen LogP contribution in [0.4, 0.5) is 10.5 Å². The third-order valence-corrected chi connectivity index (χ3v) is 7.99. The Morgan fingerprint density at radius 1 is 1.00 bits per heavy atom. The Morgan fingerprint density at radius 3 is 2.37 bits per heavy atom. The van der Waals surface area contributed by atoms with Crippen LogP contribution in [0.15, 0.2) is 54.6 Å². The third-order valence-electron chi connectivity index (χ3n) is 7.25. The Morgan fingerprint density at radius 2 is 1.72 bits per heavy atom. The molecule has 2 heterocycles. The van der Waals surface area contributed by atoms with Crippen molar-refractivity contribution in [1.29, 1.82) is 0 Å². The van der Waals surface area contributed by atoms with Crippen LogP contribution in [-0.4, -0.2) is 48.7 Å². The lowest BCUT2D eigenvalue weighted by atomic mass is 9.92. The second-order valence-corrected chi connectivity index (χ2v) is 12.3. The predicted octanol–water partition coefficient (Wildman–Crippen LogP) is 6.50. The first kappa shape index (κ1) is 30.5. The number of esters is 1. The van der Waals surface area contributed by atoms with E-state index in [1.807, 2.05) is 18.2 Å². The van der Waals surface area contributed by atoms with Gasteiger partial charge in [-0.25, -0.2) is 9.59 Å².